The van der Waals surface area contributed by atoms with Gasteiger partial charge in [-0.1, -0.05) is 13.8 Å². The molecule has 0 aromatic carbocycles. The molecule has 0 atom stereocenters. The summed E-state index contributed by atoms with van der Waals surface area (Å²) in [6.45, 7) is 7.08. The van der Waals surface area contributed by atoms with E-state index < -0.39 is 17.7 Å². The zero-order valence-electron chi connectivity index (χ0n) is 24.2. The third-order valence-corrected chi connectivity index (χ3v) is 6.06. The number of unbranched alkanes of at least 4 members (excludes halogenated alkanes) is 3. The second-order valence-corrected chi connectivity index (χ2v) is 10.2. The highest BCUT2D eigenvalue weighted by Crippen LogP contribution is 2.07. The van der Waals surface area contributed by atoms with Gasteiger partial charge in [-0.25, -0.2) is 0 Å². The first-order valence-electron chi connectivity index (χ1n) is 13.9. The van der Waals surface area contributed by atoms with Crippen LogP contribution < -0.4 is 22.9 Å². The molecule has 0 aromatic heterocycles. The summed E-state index contributed by atoms with van der Waals surface area (Å²) in [4.78, 5) is 69.1. The Hall–Kier alpha value is -2.77. The third-order valence-electron chi connectivity index (χ3n) is 6.06. The zero-order chi connectivity index (χ0) is 29.8. The maximum absolute atomic E-state index is 13.4. The molecule has 13 nitrogen and oxygen atoms in total. The lowest BCUT2D eigenvalue weighted by Gasteiger charge is -2.31. The highest BCUT2D eigenvalue weighted by atomic mass is 16.2. The van der Waals surface area contributed by atoms with Gasteiger partial charge in [0.25, 0.3) is 0 Å². The molecule has 226 valence electrons. The van der Waals surface area contributed by atoms with Crippen molar-refractivity contribution in [1.29, 1.82) is 0 Å². The van der Waals surface area contributed by atoms with Crippen molar-refractivity contribution >= 4 is 29.5 Å². The number of nitrogens with zero attached hydrogens (tertiary/aromatic N) is 4. The van der Waals surface area contributed by atoms with Crippen molar-refractivity contribution in [3.8, 4) is 0 Å². The standard InChI is InChI=1S/C26H52N8O5/c1-21(2)16-34(26(39)18-31(22(3)35)13-7-4-10-27)20-25(38)33(15-9-6-12-29)19-24(37)32(17-23(30)36)14-8-5-11-28/h21H,4-20,27-29H2,1-3H3,(H2,30,36). The summed E-state index contributed by atoms with van der Waals surface area (Å²) in [6, 6.07) is 0. The summed E-state index contributed by atoms with van der Waals surface area (Å²) < 4.78 is 0. The second-order valence-electron chi connectivity index (χ2n) is 10.2. The fraction of sp³-hybridized carbons (Fsp3) is 0.808. The van der Waals surface area contributed by atoms with Crippen molar-refractivity contribution in [2.45, 2.75) is 59.3 Å². The van der Waals surface area contributed by atoms with E-state index in [0.29, 0.717) is 71.4 Å². The van der Waals surface area contributed by atoms with Gasteiger partial charge in [0.1, 0.15) is 0 Å². The lowest BCUT2D eigenvalue weighted by atomic mass is 10.2. The van der Waals surface area contributed by atoms with Crippen LogP contribution in [0.15, 0.2) is 0 Å². The smallest absolute Gasteiger partial charge is 0.242 e. The average Bonchev–Trinajstić information content (AvgIpc) is 2.85. The Morgan fingerprint density at radius 1 is 0.564 bits per heavy atom. The van der Waals surface area contributed by atoms with E-state index in [2.05, 4.69) is 0 Å². The van der Waals surface area contributed by atoms with Gasteiger partial charge < -0.3 is 42.5 Å². The highest BCUT2D eigenvalue weighted by molar-refractivity contribution is 5.91. The molecule has 0 unspecified atom stereocenters. The molecule has 0 radical (unpaired) electrons. The molecule has 13 heteroatoms. The van der Waals surface area contributed by atoms with Gasteiger partial charge in [-0.3, -0.25) is 24.0 Å². The number of carbonyl (C=O) groups is 5. The highest BCUT2D eigenvalue weighted by Gasteiger charge is 2.27. The van der Waals surface area contributed by atoms with Crippen LogP contribution in [0, 0.1) is 5.92 Å². The Labute approximate surface area is 233 Å². The molecule has 0 spiro atoms. The van der Waals surface area contributed by atoms with Crippen molar-refractivity contribution in [3.63, 3.8) is 0 Å². The van der Waals surface area contributed by atoms with Gasteiger partial charge in [-0.05, 0) is 64.1 Å². The summed E-state index contributed by atoms with van der Waals surface area (Å²) >= 11 is 0. The Morgan fingerprint density at radius 2 is 0.923 bits per heavy atom. The summed E-state index contributed by atoms with van der Waals surface area (Å²) in [5, 5.41) is 0. The van der Waals surface area contributed by atoms with E-state index in [9.17, 15) is 24.0 Å². The normalized spacial score (nSPS) is 10.8. The van der Waals surface area contributed by atoms with Crippen LogP contribution in [0.4, 0.5) is 0 Å². The molecule has 39 heavy (non-hydrogen) atoms. The minimum Gasteiger partial charge on any atom is -0.368 e. The van der Waals surface area contributed by atoms with Crippen molar-refractivity contribution in [3.05, 3.63) is 0 Å². The first-order valence-corrected chi connectivity index (χ1v) is 13.9. The molecule has 8 N–H and O–H groups in total. The van der Waals surface area contributed by atoms with E-state index in [1.807, 2.05) is 13.8 Å². The minimum atomic E-state index is -0.646. The molecule has 0 aliphatic heterocycles. The lowest BCUT2D eigenvalue weighted by Crippen LogP contribution is -2.51. The van der Waals surface area contributed by atoms with E-state index in [1.54, 1.807) is 0 Å². The van der Waals surface area contributed by atoms with Gasteiger partial charge in [0.2, 0.25) is 29.5 Å². The number of hydrogen-bond donors (Lipinski definition) is 4. The van der Waals surface area contributed by atoms with Crippen LogP contribution in [-0.2, 0) is 24.0 Å². The fourth-order valence-corrected chi connectivity index (χ4v) is 3.95. The average molecular weight is 557 g/mol. The first kappa shape index (κ1) is 36.2. The Kier molecular flexibility index (Phi) is 19.6. The fourth-order valence-electron chi connectivity index (χ4n) is 3.95. The molecule has 0 saturated heterocycles. The van der Waals surface area contributed by atoms with Crippen LogP contribution in [0.3, 0.4) is 0 Å². The Balaban J connectivity index is 5.66. The summed E-state index contributed by atoms with van der Waals surface area (Å²) in [5.74, 6) is -1.94. The molecule has 0 rings (SSSR count). The number of primary amides is 1. The lowest BCUT2D eigenvalue weighted by molar-refractivity contribution is -0.146. The van der Waals surface area contributed by atoms with Gasteiger partial charge in [0, 0.05) is 33.1 Å². The molecule has 0 aliphatic carbocycles. The summed E-state index contributed by atoms with van der Waals surface area (Å²) in [5.41, 5.74) is 22.1. The molecule has 0 bridgehead atoms. The Bertz CT molecular complexity index is 765. The molecule has 0 fully saturated rings. The zero-order valence-corrected chi connectivity index (χ0v) is 24.2. The largest absolute Gasteiger partial charge is 0.368 e. The SMILES string of the molecule is CC(=O)N(CCCCN)CC(=O)N(CC(=O)N(CCCCN)CC(=O)N(CCCCN)CC(N)=O)CC(C)C. The maximum atomic E-state index is 13.4. The number of nitrogens with two attached hydrogens (primary N) is 4. The maximum Gasteiger partial charge on any atom is 0.242 e. The summed E-state index contributed by atoms with van der Waals surface area (Å²) in [6.07, 6.45) is 3.93. The van der Waals surface area contributed by atoms with Crippen LogP contribution in [0.1, 0.15) is 59.3 Å². The molecule has 0 aromatic rings. The van der Waals surface area contributed by atoms with Gasteiger partial charge in [-0.15, -0.1) is 0 Å². The third kappa shape index (κ3) is 16.7. The van der Waals surface area contributed by atoms with Crippen molar-refractivity contribution in [2.24, 2.45) is 28.9 Å². The number of hydrogen-bond acceptors (Lipinski definition) is 8. The Morgan fingerprint density at radius 3 is 1.31 bits per heavy atom. The molecular weight excluding hydrogens is 504 g/mol. The predicted molar refractivity (Wildman–Crippen MR) is 151 cm³/mol. The van der Waals surface area contributed by atoms with Crippen LogP contribution in [0.5, 0.6) is 0 Å². The van der Waals surface area contributed by atoms with Crippen molar-refractivity contribution in [2.75, 3.05) is 72.0 Å². The summed E-state index contributed by atoms with van der Waals surface area (Å²) in [7, 11) is 0. The number of carbonyl (C=O) groups excluding carboxylic acids is 5. The van der Waals surface area contributed by atoms with Crippen molar-refractivity contribution < 1.29 is 24.0 Å². The topological polar surface area (TPSA) is 202 Å². The minimum absolute atomic E-state index is 0.0747. The van der Waals surface area contributed by atoms with Crippen LogP contribution in [0.25, 0.3) is 0 Å². The van der Waals surface area contributed by atoms with Gasteiger partial charge in [0.05, 0.1) is 26.2 Å². The number of rotatable bonds is 22. The number of amides is 5. The van der Waals surface area contributed by atoms with Gasteiger partial charge in [0.15, 0.2) is 0 Å². The van der Waals surface area contributed by atoms with Gasteiger partial charge in [-0.2, -0.15) is 0 Å². The molecule has 0 saturated carbocycles. The molecule has 5 amide bonds. The van der Waals surface area contributed by atoms with Gasteiger partial charge >= 0.3 is 0 Å². The molecule has 0 heterocycles. The van der Waals surface area contributed by atoms with E-state index in [0.717, 1.165) is 6.42 Å². The first-order chi connectivity index (χ1) is 18.5. The van der Waals surface area contributed by atoms with E-state index in [4.69, 9.17) is 22.9 Å². The van der Waals surface area contributed by atoms with Crippen LogP contribution in [0.2, 0.25) is 0 Å². The molecule has 0 aliphatic rings. The van der Waals surface area contributed by atoms with E-state index in [1.165, 1.54) is 26.5 Å². The predicted octanol–water partition coefficient (Wildman–Crippen LogP) is -1.32. The van der Waals surface area contributed by atoms with Crippen LogP contribution >= 0.6 is 0 Å². The van der Waals surface area contributed by atoms with Crippen LogP contribution in [-0.4, -0.2) is 121 Å². The van der Waals surface area contributed by atoms with E-state index >= 15 is 0 Å². The quantitative estimate of drug-likeness (QED) is 0.117. The second kappa shape index (κ2) is 21.1. The van der Waals surface area contributed by atoms with Crippen molar-refractivity contribution in [1.82, 2.24) is 19.6 Å². The van der Waals surface area contributed by atoms with E-state index in [-0.39, 0.29) is 50.5 Å². The monoisotopic (exact) mass is 556 g/mol. The molecular formula is C26H52N8O5.